The number of rotatable bonds is 3. The van der Waals surface area contributed by atoms with E-state index >= 15 is 0 Å². The monoisotopic (exact) mass is 953 g/mol. The van der Waals surface area contributed by atoms with E-state index in [0.717, 1.165) is 0 Å². The predicted molar refractivity (Wildman–Crippen MR) is 326 cm³/mol. The van der Waals surface area contributed by atoms with Crippen LogP contribution in [0.4, 0.5) is 0 Å². The normalized spacial score (nSPS) is 13.4. The molecular weight excluding hydrogens is 889 g/mol. The second-order valence-electron chi connectivity index (χ2n) is 26.1. The quantitative estimate of drug-likeness (QED) is 0.155. The van der Waals surface area contributed by atoms with Crippen molar-refractivity contribution in [3.63, 3.8) is 0 Å². The van der Waals surface area contributed by atoms with Crippen molar-refractivity contribution in [1.82, 2.24) is 0 Å². The fraction of sp³-hybridized carbons (Fsp3) is 0.216. The van der Waals surface area contributed by atoms with Gasteiger partial charge in [-0.3, -0.25) is 0 Å². The first-order valence-electron chi connectivity index (χ1n) is 27.0. The van der Waals surface area contributed by atoms with E-state index in [-0.39, 0.29) is 21.7 Å². The van der Waals surface area contributed by atoms with E-state index in [1.807, 2.05) is 0 Å². The van der Waals surface area contributed by atoms with Gasteiger partial charge in [0, 0.05) is 0 Å². The van der Waals surface area contributed by atoms with Crippen LogP contribution < -0.4 is 0 Å². The summed E-state index contributed by atoms with van der Waals surface area (Å²) in [5.74, 6) is 0. The molecule has 14 aromatic rings. The molecule has 14 rings (SSSR count). The summed E-state index contributed by atoms with van der Waals surface area (Å²) in [6.07, 6.45) is 0. The molecule has 360 valence electrons. The fourth-order valence-corrected chi connectivity index (χ4v) is 13.1. The van der Waals surface area contributed by atoms with Crippen molar-refractivity contribution in [3.8, 4) is 33.4 Å². The van der Waals surface area contributed by atoms with Crippen molar-refractivity contribution in [2.45, 2.75) is 105 Å². The molecule has 0 saturated heterocycles. The van der Waals surface area contributed by atoms with E-state index in [2.05, 4.69) is 253 Å². The molecule has 0 nitrogen and oxygen atoms in total. The maximum absolute atomic E-state index is 2.63. The average Bonchev–Trinajstić information content (AvgIpc) is 3.94. The van der Waals surface area contributed by atoms with Gasteiger partial charge in [-0.1, -0.05) is 229 Å². The van der Waals surface area contributed by atoms with Crippen molar-refractivity contribution in [2.24, 2.45) is 0 Å². The van der Waals surface area contributed by atoms with E-state index in [1.54, 1.807) is 0 Å². The SMILES string of the molecule is CC(C)(C)c1cc(-c2c3cc4c(cc3c(-c3cc(C(C)(C)C)cc(C(C)(C)C)c3)c3c5cc6cccc7ccc8ccc(c23)c5c8c76)c2cccc3c(-c5ccc6ccccc6c5)ccc4c32)cc(C(C)(C)C)c1. The Morgan fingerprint density at radius 1 is 0.216 bits per heavy atom. The zero-order valence-corrected chi connectivity index (χ0v) is 45.2. The van der Waals surface area contributed by atoms with Crippen LogP contribution in [0.25, 0.3) is 141 Å². The van der Waals surface area contributed by atoms with Gasteiger partial charge in [-0.2, -0.15) is 0 Å². The smallest absolute Gasteiger partial charge is 0.000718 e. The summed E-state index contributed by atoms with van der Waals surface area (Å²) < 4.78 is 0. The predicted octanol–water partition coefficient (Wildman–Crippen LogP) is 21.7. The van der Waals surface area contributed by atoms with Gasteiger partial charge in [0.1, 0.15) is 0 Å². The summed E-state index contributed by atoms with van der Waals surface area (Å²) in [6, 6.07) is 67.0. The van der Waals surface area contributed by atoms with Crippen molar-refractivity contribution < 1.29 is 0 Å². The van der Waals surface area contributed by atoms with Crippen LogP contribution in [-0.2, 0) is 21.7 Å². The second-order valence-corrected chi connectivity index (χ2v) is 26.1. The third-order valence-electron chi connectivity index (χ3n) is 17.2. The third kappa shape index (κ3) is 6.52. The lowest BCUT2D eigenvalue weighted by molar-refractivity contribution is 0.568. The molecule has 0 N–H and O–H groups in total. The molecule has 0 bridgehead atoms. The van der Waals surface area contributed by atoms with Crippen LogP contribution in [0.3, 0.4) is 0 Å². The highest BCUT2D eigenvalue weighted by Gasteiger charge is 2.31. The van der Waals surface area contributed by atoms with Gasteiger partial charge in [-0.05, 0) is 209 Å². The minimum atomic E-state index is -0.0687. The van der Waals surface area contributed by atoms with Gasteiger partial charge >= 0.3 is 0 Å². The zero-order chi connectivity index (χ0) is 51.1. The van der Waals surface area contributed by atoms with E-state index in [9.17, 15) is 0 Å². The molecule has 0 radical (unpaired) electrons. The second kappa shape index (κ2) is 15.0. The van der Waals surface area contributed by atoms with Crippen molar-refractivity contribution in [3.05, 3.63) is 192 Å². The minimum absolute atomic E-state index is 0.0672. The Balaban J connectivity index is 1.24. The van der Waals surface area contributed by atoms with Gasteiger partial charge in [-0.25, -0.2) is 0 Å². The average molecular weight is 953 g/mol. The van der Waals surface area contributed by atoms with Crippen LogP contribution in [0.5, 0.6) is 0 Å². The topological polar surface area (TPSA) is 0 Å². The summed E-state index contributed by atoms with van der Waals surface area (Å²) in [5, 5.41) is 26.5. The molecule has 0 aliphatic rings. The molecule has 14 aromatic carbocycles. The standard InChI is InChI=1S/C74H64/c1-71(2,3)49-32-47(33-50(37-49)72(4,5)6)64-60-40-59-56-30-29-53(45-26-23-41-17-13-14-18-44(41)31-45)54-21-16-22-55(67(54)56)58(59)39-61(60)65(48-34-51(73(7,8)9)38-52(35-48)74(10,11)12)70-62-36-46-20-15-19-42-24-25-43-27-28-57(69(64)70)68(62)66(43)63(42)46/h13-40H,1-12H3. The molecule has 0 heterocycles. The van der Waals surface area contributed by atoms with Gasteiger partial charge in [0.15, 0.2) is 0 Å². The molecule has 0 unspecified atom stereocenters. The summed E-state index contributed by atoms with van der Waals surface area (Å²) in [6.45, 7) is 28.5. The molecule has 0 fully saturated rings. The molecule has 0 saturated carbocycles. The van der Waals surface area contributed by atoms with Crippen LogP contribution in [-0.4, -0.2) is 0 Å². The Morgan fingerprint density at radius 3 is 1.27 bits per heavy atom. The third-order valence-corrected chi connectivity index (χ3v) is 17.2. The summed E-state index contributed by atoms with van der Waals surface area (Å²) in [4.78, 5) is 0. The Hall–Kier alpha value is -7.54. The zero-order valence-electron chi connectivity index (χ0n) is 45.2. The summed E-state index contributed by atoms with van der Waals surface area (Å²) in [5.41, 5.74) is 13.0. The molecule has 0 spiro atoms. The molecule has 0 aliphatic heterocycles. The molecule has 0 heteroatoms. The lowest BCUT2D eigenvalue weighted by Crippen LogP contribution is -2.16. The highest BCUT2D eigenvalue weighted by atomic mass is 14.3. The number of benzene rings is 12. The first-order valence-corrected chi connectivity index (χ1v) is 27.0. The molecule has 0 aromatic heterocycles. The van der Waals surface area contributed by atoms with Crippen LogP contribution in [0, 0.1) is 0 Å². The Labute approximate surface area is 435 Å². The fourth-order valence-electron chi connectivity index (χ4n) is 13.1. The maximum Gasteiger partial charge on any atom is -0.000718 e. The highest BCUT2D eigenvalue weighted by Crippen LogP contribution is 2.56. The van der Waals surface area contributed by atoms with Crippen molar-refractivity contribution in [2.75, 3.05) is 0 Å². The molecule has 0 atom stereocenters. The van der Waals surface area contributed by atoms with Crippen LogP contribution in [0.1, 0.15) is 105 Å². The van der Waals surface area contributed by atoms with Crippen molar-refractivity contribution in [1.29, 1.82) is 0 Å². The van der Waals surface area contributed by atoms with E-state index in [0.29, 0.717) is 0 Å². The highest BCUT2D eigenvalue weighted by molar-refractivity contribution is 6.46. The van der Waals surface area contributed by atoms with Crippen LogP contribution in [0.15, 0.2) is 170 Å². The Kier molecular flexibility index (Phi) is 9.17. The molecule has 0 aliphatic carbocycles. The number of fused-ring (bicyclic) bond motifs is 8. The van der Waals surface area contributed by atoms with Gasteiger partial charge in [0.2, 0.25) is 0 Å². The van der Waals surface area contributed by atoms with Crippen LogP contribution in [0.2, 0.25) is 0 Å². The van der Waals surface area contributed by atoms with Gasteiger partial charge in [-0.15, -0.1) is 0 Å². The summed E-state index contributed by atoms with van der Waals surface area (Å²) >= 11 is 0. The lowest BCUT2D eigenvalue weighted by atomic mass is 9.76. The largest absolute Gasteiger partial charge is 0.0616 e. The maximum atomic E-state index is 2.63. The number of hydrogen-bond donors (Lipinski definition) is 0. The summed E-state index contributed by atoms with van der Waals surface area (Å²) in [7, 11) is 0. The van der Waals surface area contributed by atoms with Crippen LogP contribution >= 0.6 is 0 Å². The molecule has 0 amide bonds. The van der Waals surface area contributed by atoms with E-state index in [4.69, 9.17) is 0 Å². The van der Waals surface area contributed by atoms with Gasteiger partial charge in [0.25, 0.3) is 0 Å². The van der Waals surface area contributed by atoms with E-state index < -0.39 is 0 Å². The van der Waals surface area contributed by atoms with E-state index in [1.165, 1.54) is 163 Å². The first-order chi connectivity index (χ1) is 35.2. The Bertz CT molecular complexity index is 4600. The first kappa shape index (κ1) is 45.1. The van der Waals surface area contributed by atoms with Gasteiger partial charge in [0.05, 0.1) is 0 Å². The Morgan fingerprint density at radius 2 is 0.676 bits per heavy atom. The lowest BCUT2D eigenvalue weighted by Gasteiger charge is -2.28. The van der Waals surface area contributed by atoms with Gasteiger partial charge < -0.3 is 0 Å². The minimum Gasteiger partial charge on any atom is -0.0616 e. The van der Waals surface area contributed by atoms with Crippen molar-refractivity contribution >= 4 is 108 Å². The molecular formula is C74H64. The number of hydrogen-bond acceptors (Lipinski definition) is 0. The molecule has 74 heavy (non-hydrogen) atoms.